The predicted octanol–water partition coefficient (Wildman–Crippen LogP) is 2.89. The maximum absolute atomic E-state index is 5.53. The number of benzene rings is 1. The molecule has 0 unspecified atom stereocenters. The highest BCUT2D eigenvalue weighted by molar-refractivity contribution is 5.14. The van der Waals surface area contributed by atoms with Gasteiger partial charge >= 0.3 is 0 Å². The third kappa shape index (κ3) is 5.65. The molecule has 21 heavy (non-hydrogen) atoms. The molecule has 0 aliphatic rings. The molecule has 0 fully saturated rings. The van der Waals surface area contributed by atoms with Crippen LogP contribution in [0.5, 0.6) is 0 Å². The first-order chi connectivity index (χ1) is 10.3. The molecule has 0 amide bonds. The summed E-state index contributed by atoms with van der Waals surface area (Å²) in [7, 11) is 0. The molecule has 0 radical (unpaired) electrons. The molecule has 1 aromatic heterocycles. The highest BCUT2D eigenvalue weighted by Crippen LogP contribution is 2.10. The normalized spacial score (nSPS) is 11.2. The minimum Gasteiger partial charge on any atom is -0.372 e. The second-order valence-corrected chi connectivity index (χ2v) is 5.27. The molecule has 0 saturated carbocycles. The largest absolute Gasteiger partial charge is 0.372 e. The van der Waals surface area contributed by atoms with Crippen molar-refractivity contribution in [1.82, 2.24) is 15.5 Å². The minimum atomic E-state index is 0.282. The quantitative estimate of drug-likeness (QED) is 0.719. The number of hydrogen-bond acceptors (Lipinski definition) is 5. The molecule has 0 atom stereocenters. The van der Waals surface area contributed by atoms with Crippen LogP contribution in [0.15, 0.2) is 34.9 Å². The molecule has 1 N–H and O–H groups in total. The van der Waals surface area contributed by atoms with Crippen LogP contribution >= 0.6 is 0 Å². The number of nitrogens with one attached hydrogen (secondary N) is 1. The lowest BCUT2D eigenvalue weighted by molar-refractivity contribution is 0.0956. The molecule has 1 heterocycles. The Morgan fingerprint density at radius 1 is 1.24 bits per heavy atom. The van der Waals surface area contributed by atoms with E-state index < -0.39 is 0 Å². The van der Waals surface area contributed by atoms with E-state index in [9.17, 15) is 0 Å². The van der Waals surface area contributed by atoms with Gasteiger partial charge in [-0.2, -0.15) is 4.98 Å². The van der Waals surface area contributed by atoms with Gasteiger partial charge in [0, 0.05) is 19.1 Å². The van der Waals surface area contributed by atoms with Crippen molar-refractivity contribution >= 4 is 0 Å². The van der Waals surface area contributed by atoms with Gasteiger partial charge in [-0.1, -0.05) is 49.3 Å². The second kappa shape index (κ2) is 8.54. The van der Waals surface area contributed by atoms with Crippen LogP contribution in [0.2, 0.25) is 0 Å². The monoisotopic (exact) mass is 289 g/mol. The third-order valence-electron chi connectivity index (χ3n) is 3.04. The van der Waals surface area contributed by atoms with Crippen molar-refractivity contribution in [3.05, 3.63) is 47.6 Å². The third-order valence-corrected chi connectivity index (χ3v) is 3.04. The maximum Gasteiger partial charge on any atom is 0.252 e. The lowest BCUT2D eigenvalue weighted by Crippen LogP contribution is -2.16. The Hall–Kier alpha value is -1.72. The van der Waals surface area contributed by atoms with E-state index >= 15 is 0 Å². The van der Waals surface area contributed by atoms with Gasteiger partial charge in [0.05, 0.1) is 0 Å². The van der Waals surface area contributed by atoms with Gasteiger partial charge in [0.1, 0.15) is 6.61 Å². The molecule has 0 spiro atoms. The van der Waals surface area contributed by atoms with E-state index in [2.05, 4.69) is 39.7 Å². The van der Waals surface area contributed by atoms with Crippen LogP contribution in [-0.2, 0) is 17.9 Å². The Morgan fingerprint density at radius 2 is 2.05 bits per heavy atom. The van der Waals surface area contributed by atoms with Gasteiger partial charge in [-0.05, 0) is 18.5 Å². The summed E-state index contributed by atoms with van der Waals surface area (Å²) in [4.78, 5) is 4.26. The first-order valence-electron chi connectivity index (χ1n) is 7.40. The summed E-state index contributed by atoms with van der Waals surface area (Å²) in [5.41, 5.74) is 1.30. The fourth-order valence-corrected chi connectivity index (χ4v) is 1.85. The molecule has 2 aromatic rings. The summed E-state index contributed by atoms with van der Waals surface area (Å²) >= 11 is 0. The molecule has 5 heteroatoms. The van der Waals surface area contributed by atoms with E-state index in [1.54, 1.807) is 0 Å². The van der Waals surface area contributed by atoms with E-state index in [1.165, 1.54) is 5.56 Å². The first kappa shape index (κ1) is 15.7. The zero-order valence-corrected chi connectivity index (χ0v) is 12.7. The highest BCUT2D eigenvalue weighted by Gasteiger charge is 2.09. The van der Waals surface area contributed by atoms with E-state index in [4.69, 9.17) is 9.26 Å². The number of aromatic nitrogens is 2. The summed E-state index contributed by atoms with van der Waals surface area (Å²) in [6, 6.07) is 10.4. The van der Waals surface area contributed by atoms with Gasteiger partial charge in [0.15, 0.2) is 5.82 Å². The van der Waals surface area contributed by atoms with Crippen molar-refractivity contribution in [2.45, 2.75) is 39.3 Å². The van der Waals surface area contributed by atoms with Gasteiger partial charge in [-0.15, -0.1) is 0 Å². The summed E-state index contributed by atoms with van der Waals surface area (Å²) in [5, 5.41) is 7.29. The van der Waals surface area contributed by atoms with Gasteiger partial charge in [0.2, 0.25) is 0 Å². The minimum absolute atomic E-state index is 0.282. The smallest absolute Gasteiger partial charge is 0.252 e. The molecule has 0 aliphatic heterocycles. The highest BCUT2D eigenvalue weighted by atomic mass is 16.5. The van der Waals surface area contributed by atoms with E-state index in [0.29, 0.717) is 19.1 Å². The first-order valence-corrected chi connectivity index (χ1v) is 7.40. The Kier molecular flexibility index (Phi) is 6.37. The standard InChI is InChI=1S/C16H23N3O2/c1-13(2)16-18-15(21-19-16)12-20-10-6-9-17-11-14-7-4-3-5-8-14/h3-5,7-8,13,17H,6,9-12H2,1-2H3. The maximum atomic E-state index is 5.53. The molecular weight excluding hydrogens is 266 g/mol. The van der Waals surface area contributed by atoms with Crippen molar-refractivity contribution in [1.29, 1.82) is 0 Å². The summed E-state index contributed by atoms with van der Waals surface area (Å²) in [6.45, 7) is 6.96. The average Bonchev–Trinajstić information content (AvgIpc) is 2.96. The van der Waals surface area contributed by atoms with Crippen LogP contribution in [0.3, 0.4) is 0 Å². The fourth-order valence-electron chi connectivity index (χ4n) is 1.85. The zero-order valence-electron chi connectivity index (χ0n) is 12.7. The van der Waals surface area contributed by atoms with Crippen molar-refractivity contribution in [3.63, 3.8) is 0 Å². The van der Waals surface area contributed by atoms with Gasteiger partial charge in [-0.25, -0.2) is 0 Å². The van der Waals surface area contributed by atoms with Crippen LogP contribution in [-0.4, -0.2) is 23.3 Å². The number of hydrogen-bond donors (Lipinski definition) is 1. The Balaban J connectivity index is 1.52. The molecule has 1 aromatic carbocycles. The van der Waals surface area contributed by atoms with E-state index in [-0.39, 0.29) is 5.92 Å². The lowest BCUT2D eigenvalue weighted by atomic mass is 10.2. The zero-order chi connectivity index (χ0) is 14.9. The van der Waals surface area contributed by atoms with E-state index in [0.717, 1.165) is 25.3 Å². The Morgan fingerprint density at radius 3 is 2.76 bits per heavy atom. The predicted molar refractivity (Wildman–Crippen MR) is 80.8 cm³/mol. The Labute approximate surface area is 125 Å². The second-order valence-electron chi connectivity index (χ2n) is 5.27. The van der Waals surface area contributed by atoms with Gasteiger partial charge in [0.25, 0.3) is 5.89 Å². The lowest BCUT2D eigenvalue weighted by Gasteiger charge is -2.05. The van der Waals surface area contributed by atoms with Gasteiger partial charge < -0.3 is 14.6 Å². The molecule has 0 bridgehead atoms. The van der Waals surface area contributed by atoms with Gasteiger partial charge in [-0.3, -0.25) is 0 Å². The van der Waals surface area contributed by atoms with Crippen LogP contribution in [0.25, 0.3) is 0 Å². The van der Waals surface area contributed by atoms with Crippen molar-refractivity contribution in [2.75, 3.05) is 13.2 Å². The molecular formula is C16H23N3O2. The SMILES string of the molecule is CC(C)c1noc(COCCCNCc2ccccc2)n1. The molecule has 114 valence electrons. The summed E-state index contributed by atoms with van der Waals surface area (Å²) < 4.78 is 10.6. The number of rotatable bonds is 9. The average molecular weight is 289 g/mol. The number of ether oxygens (including phenoxy) is 1. The topological polar surface area (TPSA) is 60.2 Å². The molecule has 5 nitrogen and oxygen atoms in total. The van der Waals surface area contributed by atoms with Crippen LogP contribution in [0.1, 0.15) is 43.5 Å². The fraction of sp³-hybridized carbons (Fsp3) is 0.500. The van der Waals surface area contributed by atoms with Crippen molar-refractivity contribution in [2.24, 2.45) is 0 Å². The van der Waals surface area contributed by atoms with Crippen LogP contribution in [0, 0.1) is 0 Å². The van der Waals surface area contributed by atoms with Crippen molar-refractivity contribution < 1.29 is 9.26 Å². The van der Waals surface area contributed by atoms with Crippen LogP contribution < -0.4 is 5.32 Å². The van der Waals surface area contributed by atoms with E-state index in [1.807, 2.05) is 19.9 Å². The molecule has 0 aliphatic carbocycles. The summed E-state index contributed by atoms with van der Waals surface area (Å²) in [5.74, 6) is 1.57. The Bertz CT molecular complexity index is 511. The summed E-state index contributed by atoms with van der Waals surface area (Å²) in [6.07, 6.45) is 0.956. The molecule has 2 rings (SSSR count). The number of nitrogens with zero attached hydrogens (tertiary/aromatic N) is 2. The van der Waals surface area contributed by atoms with Crippen LogP contribution in [0.4, 0.5) is 0 Å². The molecule has 0 saturated heterocycles. The van der Waals surface area contributed by atoms with Crippen molar-refractivity contribution in [3.8, 4) is 0 Å².